The molecular formula is C50H31N5S3. The first-order valence-corrected chi connectivity index (χ1v) is 21.6. The van der Waals surface area contributed by atoms with Gasteiger partial charge in [0.25, 0.3) is 0 Å². The largest absolute Gasteiger partial charge is 0.305 e. The molecule has 58 heavy (non-hydrogen) atoms. The van der Waals surface area contributed by atoms with Crippen molar-refractivity contribution in [3.8, 4) is 27.6 Å². The van der Waals surface area contributed by atoms with Crippen LogP contribution >= 0.6 is 34.9 Å². The summed E-state index contributed by atoms with van der Waals surface area (Å²) in [4.78, 5) is 21.3. The smallest absolute Gasteiger partial charge is 0.145 e. The fourth-order valence-electron chi connectivity index (χ4n) is 8.29. The highest BCUT2D eigenvalue weighted by atomic mass is 32.2. The van der Waals surface area contributed by atoms with Crippen LogP contribution in [0, 0.1) is 0 Å². The summed E-state index contributed by atoms with van der Waals surface area (Å²) in [5.74, 6) is 0.867. The molecule has 0 spiro atoms. The van der Waals surface area contributed by atoms with E-state index in [1.54, 1.807) is 11.3 Å². The molecule has 0 amide bonds. The van der Waals surface area contributed by atoms with E-state index in [0.717, 1.165) is 83.0 Å². The highest BCUT2D eigenvalue weighted by molar-refractivity contribution is 8.00. The number of imidazole rings is 1. The Morgan fingerprint density at radius 3 is 1.33 bits per heavy atom. The van der Waals surface area contributed by atoms with Crippen LogP contribution in [-0.2, 0) is 0 Å². The fourth-order valence-corrected chi connectivity index (χ4v) is 11.5. The lowest BCUT2D eigenvalue weighted by Gasteiger charge is -2.35. The van der Waals surface area contributed by atoms with E-state index in [1.807, 2.05) is 23.5 Å². The molecule has 0 saturated carbocycles. The van der Waals surface area contributed by atoms with E-state index < -0.39 is 0 Å². The van der Waals surface area contributed by atoms with E-state index >= 15 is 0 Å². The summed E-state index contributed by atoms with van der Waals surface area (Å²) in [6.07, 6.45) is 0. The van der Waals surface area contributed by atoms with Gasteiger partial charge in [-0.25, -0.2) is 9.97 Å². The zero-order valence-corrected chi connectivity index (χ0v) is 33.3. The van der Waals surface area contributed by atoms with E-state index in [4.69, 9.17) is 9.97 Å². The number of rotatable bonds is 5. The Morgan fingerprint density at radius 2 is 0.810 bits per heavy atom. The van der Waals surface area contributed by atoms with Crippen molar-refractivity contribution in [1.29, 1.82) is 0 Å². The highest BCUT2D eigenvalue weighted by Gasteiger charge is 2.37. The van der Waals surface area contributed by atoms with Crippen LogP contribution < -0.4 is 9.80 Å². The number of para-hydroxylation sites is 5. The van der Waals surface area contributed by atoms with Crippen LogP contribution in [-0.4, -0.2) is 14.5 Å². The Bertz CT molecular complexity index is 3110. The Hall–Kier alpha value is -6.58. The molecule has 0 unspecified atom stereocenters. The van der Waals surface area contributed by atoms with Crippen molar-refractivity contribution in [2.45, 2.75) is 19.6 Å². The molecule has 12 rings (SSSR count). The molecule has 2 aromatic heterocycles. The number of hydrogen-bond acceptors (Lipinski definition) is 7. The molecule has 0 saturated heterocycles. The van der Waals surface area contributed by atoms with Crippen LogP contribution in [0.3, 0.4) is 0 Å². The normalized spacial score (nSPS) is 13.0. The molecule has 4 heterocycles. The maximum absolute atomic E-state index is 5.84. The van der Waals surface area contributed by atoms with Crippen molar-refractivity contribution in [3.05, 3.63) is 188 Å². The predicted octanol–water partition coefficient (Wildman–Crippen LogP) is 14.8. The summed E-state index contributed by atoms with van der Waals surface area (Å²) >= 11 is 5.37. The topological polar surface area (TPSA) is 37.2 Å². The highest BCUT2D eigenvalue weighted by Crippen LogP contribution is 2.60. The molecule has 8 heteroatoms. The zero-order chi connectivity index (χ0) is 38.2. The molecule has 0 fully saturated rings. The van der Waals surface area contributed by atoms with Gasteiger partial charge in [0.1, 0.15) is 33.1 Å². The van der Waals surface area contributed by atoms with Gasteiger partial charge in [0.15, 0.2) is 0 Å². The third-order valence-electron chi connectivity index (χ3n) is 10.8. The van der Waals surface area contributed by atoms with Gasteiger partial charge in [0.05, 0.1) is 33.1 Å². The molecule has 2 aliphatic heterocycles. The van der Waals surface area contributed by atoms with E-state index in [-0.39, 0.29) is 0 Å². The van der Waals surface area contributed by atoms with Gasteiger partial charge in [0, 0.05) is 36.4 Å². The molecule has 0 radical (unpaired) electrons. The second-order valence-electron chi connectivity index (χ2n) is 14.2. The average molecular weight is 798 g/mol. The molecule has 8 aromatic carbocycles. The fraction of sp³-hybridized carbons (Fsp3) is 0. The van der Waals surface area contributed by atoms with E-state index in [0.29, 0.717) is 0 Å². The molecule has 5 nitrogen and oxygen atoms in total. The quantitative estimate of drug-likeness (QED) is 0.173. The first-order valence-electron chi connectivity index (χ1n) is 19.2. The number of benzene rings is 8. The summed E-state index contributed by atoms with van der Waals surface area (Å²) in [6, 6.07) is 66.8. The first kappa shape index (κ1) is 33.5. The Balaban J connectivity index is 1.33. The monoisotopic (exact) mass is 797 g/mol. The van der Waals surface area contributed by atoms with Crippen LogP contribution in [0.1, 0.15) is 0 Å². The summed E-state index contributed by atoms with van der Waals surface area (Å²) in [5.41, 5.74) is 12.4. The first-order chi connectivity index (χ1) is 28.8. The third kappa shape index (κ3) is 5.19. The lowest BCUT2D eigenvalue weighted by Crippen LogP contribution is -2.18. The minimum absolute atomic E-state index is 0.867. The average Bonchev–Trinajstić information content (AvgIpc) is 3.91. The SMILES string of the molecule is c1ccc(-c2nc3c(N4c5ccccc5Sc5ccccc54)c4c(nc(-c5ccccc5)n4-c4ccccc4)c(N4c5ccccc5Sc5ccccc54)c3s2)cc1. The van der Waals surface area contributed by atoms with Crippen molar-refractivity contribution in [2.75, 3.05) is 9.80 Å². The maximum atomic E-state index is 5.84. The van der Waals surface area contributed by atoms with Gasteiger partial charge in [0.2, 0.25) is 0 Å². The van der Waals surface area contributed by atoms with Crippen molar-refractivity contribution >= 4 is 90.2 Å². The van der Waals surface area contributed by atoms with Gasteiger partial charge < -0.3 is 9.80 Å². The van der Waals surface area contributed by atoms with Gasteiger partial charge in [-0.3, -0.25) is 4.57 Å². The van der Waals surface area contributed by atoms with E-state index in [1.165, 1.54) is 19.6 Å². The number of anilines is 6. The maximum Gasteiger partial charge on any atom is 0.145 e. The molecular weight excluding hydrogens is 767 g/mol. The standard InChI is InChI=1S/C50H31N5S3/c1-4-18-32(19-5-1)49-51-43-45(53(49)34-22-8-3-9-23-34)46(54-35-24-10-14-28-39(35)56-40-29-15-11-25-36(40)54)44-48(58-50(52-44)33-20-6-2-7-21-33)47(43)55-37-26-12-16-30-41(37)57-42-31-17-13-27-38(42)55/h1-31H. The van der Waals surface area contributed by atoms with Gasteiger partial charge in [-0.15, -0.1) is 11.3 Å². The Morgan fingerprint density at radius 1 is 0.379 bits per heavy atom. The predicted molar refractivity (Wildman–Crippen MR) is 243 cm³/mol. The number of nitrogens with zero attached hydrogens (tertiary/aromatic N) is 5. The lowest BCUT2D eigenvalue weighted by atomic mass is 10.1. The summed E-state index contributed by atoms with van der Waals surface area (Å²) < 4.78 is 3.44. The van der Waals surface area contributed by atoms with Crippen LogP contribution in [0.2, 0.25) is 0 Å². The molecule has 274 valence electrons. The Labute approximate surface area is 347 Å². The van der Waals surface area contributed by atoms with Crippen LogP contribution in [0.4, 0.5) is 34.1 Å². The van der Waals surface area contributed by atoms with Crippen molar-refractivity contribution in [2.24, 2.45) is 0 Å². The van der Waals surface area contributed by atoms with Crippen molar-refractivity contribution in [1.82, 2.24) is 14.5 Å². The molecule has 10 aromatic rings. The minimum Gasteiger partial charge on any atom is -0.305 e. The van der Waals surface area contributed by atoms with Crippen LogP contribution in [0.5, 0.6) is 0 Å². The second kappa shape index (κ2) is 13.5. The number of hydrogen-bond donors (Lipinski definition) is 0. The van der Waals surface area contributed by atoms with Gasteiger partial charge in [-0.2, -0.15) is 0 Å². The van der Waals surface area contributed by atoms with Crippen molar-refractivity contribution < 1.29 is 0 Å². The number of fused-ring (bicyclic) bond motifs is 6. The van der Waals surface area contributed by atoms with Crippen molar-refractivity contribution in [3.63, 3.8) is 0 Å². The van der Waals surface area contributed by atoms with E-state index in [2.05, 4.69) is 202 Å². The summed E-state index contributed by atoms with van der Waals surface area (Å²) in [7, 11) is 0. The molecule has 0 atom stereocenters. The number of aromatic nitrogens is 3. The molecule has 0 bridgehead atoms. The van der Waals surface area contributed by atoms with E-state index in [9.17, 15) is 0 Å². The molecule has 2 aliphatic rings. The van der Waals surface area contributed by atoms with Gasteiger partial charge >= 0.3 is 0 Å². The number of thiazole rings is 1. The van der Waals surface area contributed by atoms with Gasteiger partial charge in [-0.1, -0.05) is 151 Å². The molecule has 0 N–H and O–H groups in total. The minimum atomic E-state index is 0.867. The second-order valence-corrected chi connectivity index (χ2v) is 17.3. The van der Waals surface area contributed by atoms with Crippen LogP contribution in [0.25, 0.3) is 48.9 Å². The zero-order valence-electron chi connectivity index (χ0n) is 30.9. The van der Waals surface area contributed by atoms with Crippen LogP contribution in [0.15, 0.2) is 208 Å². The molecule has 0 aliphatic carbocycles. The summed E-state index contributed by atoms with van der Waals surface area (Å²) in [5, 5.41) is 0.959. The lowest BCUT2D eigenvalue weighted by molar-refractivity contribution is 1.09. The third-order valence-corrected chi connectivity index (χ3v) is 14.1. The van der Waals surface area contributed by atoms with Gasteiger partial charge in [-0.05, 0) is 60.7 Å². The summed E-state index contributed by atoms with van der Waals surface area (Å²) in [6.45, 7) is 0. The Kier molecular flexibility index (Phi) is 7.82.